The van der Waals surface area contributed by atoms with Gasteiger partial charge in [0.1, 0.15) is 12.2 Å². The average molecular weight is 250 g/mol. The molecule has 0 aromatic carbocycles. The molecular weight excluding hydrogens is 232 g/mol. The number of carbonyl (C=O) groups is 2. The van der Waals surface area contributed by atoms with Crippen LogP contribution in [-0.4, -0.2) is 24.1 Å². The fourth-order valence-corrected chi connectivity index (χ4v) is 3.68. The number of esters is 2. The van der Waals surface area contributed by atoms with Gasteiger partial charge < -0.3 is 9.47 Å². The highest BCUT2D eigenvalue weighted by Gasteiger charge is 2.51. The second-order valence-corrected chi connectivity index (χ2v) is 5.87. The highest BCUT2D eigenvalue weighted by molar-refractivity contribution is 5.87. The average Bonchev–Trinajstić information content (AvgIpc) is 2.48. The fourth-order valence-electron chi connectivity index (χ4n) is 3.68. The summed E-state index contributed by atoms with van der Waals surface area (Å²) in [5, 5.41) is 0. The zero-order valence-electron chi connectivity index (χ0n) is 10.6. The van der Waals surface area contributed by atoms with E-state index in [9.17, 15) is 9.59 Å². The Morgan fingerprint density at radius 3 is 2.44 bits per heavy atom. The summed E-state index contributed by atoms with van der Waals surface area (Å²) in [6, 6.07) is 0. The Labute approximate surface area is 106 Å². The summed E-state index contributed by atoms with van der Waals surface area (Å²) in [5.41, 5.74) is 0.439. The van der Waals surface area contributed by atoms with E-state index in [0.29, 0.717) is 5.57 Å². The first kappa shape index (κ1) is 11.8. The van der Waals surface area contributed by atoms with Gasteiger partial charge in [-0.2, -0.15) is 0 Å². The first-order valence-electron chi connectivity index (χ1n) is 6.61. The highest BCUT2D eigenvalue weighted by atomic mass is 16.6. The van der Waals surface area contributed by atoms with Crippen molar-refractivity contribution in [1.29, 1.82) is 0 Å². The third-order valence-corrected chi connectivity index (χ3v) is 4.44. The van der Waals surface area contributed by atoms with Crippen LogP contribution in [0.15, 0.2) is 12.2 Å². The molecule has 2 heterocycles. The van der Waals surface area contributed by atoms with Crippen LogP contribution in [0.3, 0.4) is 0 Å². The highest BCUT2D eigenvalue weighted by Crippen LogP contribution is 2.48. The van der Waals surface area contributed by atoms with Gasteiger partial charge in [-0.05, 0) is 32.6 Å². The van der Waals surface area contributed by atoms with Gasteiger partial charge in [-0.1, -0.05) is 6.58 Å². The van der Waals surface area contributed by atoms with Crippen molar-refractivity contribution in [2.24, 2.45) is 17.8 Å². The molecule has 0 aromatic heterocycles. The molecule has 4 aliphatic rings. The van der Waals surface area contributed by atoms with Crippen molar-refractivity contribution in [3.05, 3.63) is 12.2 Å². The molecule has 0 aromatic rings. The Balaban J connectivity index is 1.78. The largest absolute Gasteiger partial charge is 0.462 e. The van der Waals surface area contributed by atoms with E-state index in [2.05, 4.69) is 6.58 Å². The van der Waals surface area contributed by atoms with Crippen LogP contribution in [0.2, 0.25) is 0 Å². The minimum atomic E-state index is -0.307. The van der Waals surface area contributed by atoms with Gasteiger partial charge in [-0.25, -0.2) is 4.79 Å². The zero-order chi connectivity index (χ0) is 12.9. The third-order valence-electron chi connectivity index (χ3n) is 4.44. The van der Waals surface area contributed by atoms with Crippen LogP contribution in [0.5, 0.6) is 0 Å². The number of hydrogen-bond acceptors (Lipinski definition) is 4. The van der Waals surface area contributed by atoms with Gasteiger partial charge in [0.2, 0.25) is 0 Å². The molecule has 4 rings (SSSR count). The second kappa shape index (κ2) is 4.11. The number of fused-ring (bicyclic) bond motifs is 1. The van der Waals surface area contributed by atoms with Crippen LogP contribution < -0.4 is 0 Å². The molecule has 18 heavy (non-hydrogen) atoms. The quantitative estimate of drug-likeness (QED) is 0.554. The summed E-state index contributed by atoms with van der Waals surface area (Å²) in [6.45, 7) is 5.28. The molecule has 2 saturated carbocycles. The van der Waals surface area contributed by atoms with Crippen LogP contribution in [0.25, 0.3) is 0 Å². The lowest BCUT2D eigenvalue weighted by Crippen LogP contribution is -2.45. The van der Waals surface area contributed by atoms with Crippen molar-refractivity contribution in [3.8, 4) is 0 Å². The van der Waals surface area contributed by atoms with Gasteiger partial charge >= 0.3 is 11.9 Å². The van der Waals surface area contributed by atoms with Crippen molar-refractivity contribution in [3.63, 3.8) is 0 Å². The van der Waals surface area contributed by atoms with Gasteiger partial charge in [0.05, 0.1) is 5.92 Å². The second-order valence-electron chi connectivity index (χ2n) is 5.87. The summed E-state index contributed by atoms with van der Waals surface area (Å²) in [4.78, 5) is 23.4. The molecule has 2 aliphatic heterocycles. The normalized spacial score (nSPS) is 41.2. The lowest BCUT2D eigenvalue weighted by molar-refractivity contribution is -0.158. The Kier molecular flexibility index (Phi) is 2.68. The number of hydrogen-bond donors (Lipinski definition) is 0. The molecule has 4 heteroatoms. The minimum absolute atomic E-state index is 0.0206. The summed E-state index contributed by atoms with van der Waals surface area (Å²) in [5.74, 6) is 0.227. The SMILES string of the molecule is C=C(C)C(=O)OC1C2CC3CC1CC(C2)C(=O)O3. The fraction of sp³-hybridized carbons (Fsp3) is 0.714. The zero-order valence-corrected chi connectivity index (χ0v) is 10.6. The molecule has 0 radical (unpaired) electrons. The van der Waals surface area contributed by atoms with Crippen LogP contribution in [0.1, 0.15) is 32.6 Å². The van der Waals surface area contributed by atoms with Crippen molar-refractivity contribution in [2.75, 3.05) is 0 Å². The van der Waals surface area contributed by atoms with Gasteiger partial charge in [-0.3, -0.25) is 4.79 Å². The molecule has 2 aliphatic carbocycles. The molecule has 0 N–H and O–H groups in total. The number of ether oxygens (including phenoxy) is 2. The molecule has 4 nitrogen and oxygen atoms in total. The lowest BCUT2D eigenvalue weighted by atomic mass is 9.66. The third kappa shape index (κ3) is 1.84. The molecule has 2 atom stereocenters. The van der Waals surface area contributed by atoms with E-state index in [1.807, 2.05) is 0 Å². The molecule has 98 valence electrons. The molecule has 0 spiro atoms. The van der Waals surface area contributed by atoms with Crippen LogP contribution >= 0.6 is 0 Å². The predicted octanol–water partition coefficient (Wildman–Crippen LogP) is 1.84. The van der Waals surface area contributed by atoms with E-state index in [1.54, 1.807) is 6.92 Å². The molecule has 2 saturated heterocycles. The maximum absolute atomic E-state index is 11.8. The molecule has 4 fully saturated rings. The summed E-state index contributed by atoms with van der Waals surface area (Å²) < 4.78 is 11.0. The Morgan fingerprint density at radius 2 is 1.89 bits per heavy atom. The monoisotopic (exact) mass is 250 g/mol. The first-order chi connectivity index (χ1) is 8.54. The maximum Gasteiger partial charge on any atom is 0.333 e. The molecule has 2 unspecified atom stereocenters. The van der Waals surface area contributed by atoms with E-state index < -0.39 is 0 Å². The maximum atomic E-state index is 11.8. The first-order valence-corrected chi connectivity index (χ1v) is 6.61. The van der Waals surface area contributed by atoms with E-state index in [4.69, 9.17) is 9.47 Å². The number of carbonyl (C=O) groups excluding carboxylic acids is 2. The van der Waals surface area contributed by atoms with Crippen molar-refractivity contribution in [2.45, 2.75) is 44.8 Å². The van der Waals surface area contributed by atoms with Crippen molar-refractivity contribution in [1.82, 2.24) is 0 Å². The van der Waals surface area contributed by atoms with Crippen molar-refractivity contribution < 1.29 is 19.1 Å². The smallest absolute Gasteiger partial charge is 0.333 e. The van der Waals surface area contributed by atoms with Crippen LogP contribution in [0.4, 0.5) is 0 Å². The van der Waals surface area contributed by atoms with E-state index >= 15 is 0 Å². The lowest BCUT2D eigenvalue weighted by Gasteiger charge is -2.42. The summed E-state index contributed by atoms with van der Waals surface area (Å²) >= 11 is 0. The topological polar surface area (TPSA) is 52.6 Å². The Hall–Kier alpha value is -1.32. The standard InChI is InChI=1S/C14H18O4/c1-7(2)13(15)18-12-8-3-10-4-9(12)6-11(5-8)17-14(10)16/h8-12H,1,3-6H2,2H3. The molecule has 0 amide bonds. The number of rotatable bonds is 2. The predicted molar refractivity (Wildman–Crippen MR) is 63.5 cm³/mol. The molecule has 4 bridgehead atoms. The van der Waals surface area contributed by atoms with E-state index in [1.165, 1.54) is 0 Å². The summed E-state index contributed by atoms with van der Waals surface area (Å²) in [7, 11) is 0. The Morgan fingerprint density at radius 1 is 1.28 bits per heavy atom. The van der Waals surface area contributed by atoms with Gasteiger partial charge in [0, 0.05) is 17.4 Å². The minimum Gasteiger partial charge on any atom is -0.462 e. The van der Waals surface area contributed by atoms with Gasteiger partial charge in [0.15, 0.2) is 0 Å². The molecular formula is C14H18O4. The van der Waals surface area contributed by atoms with E-state index in [0.717, 1.165) is 25.7 Å². The van der Waals surface area contributed by atoms with E-state index in [-0.39, 0.29) is 41.9 Å². The Bertz CT molecular complexity index is 398. The van der Waals surface area contributed by atoms with Crippen LogP contribution in [0, 0.1) is 17.8 Å². The van der Waals surface area contributed by atoms with Crippen LogP contribution in [-0.2, 0) is 19.1 Å². The summed E-state index contributed by atoms with van der Waals surface area (Å²) in [6.07, 6.45) is 3.29. The van der Waals surface area contributed by atoms with Gasteiger partial charge in [0.25, 0.3) is 0 Å². The van der Waals surface area contributed by atoms with Crippen molar-refractivity contribution >= 4 is 11.9 Å². The van der Waals surface area contributed by atoms with Gasteiger partial charge in [-0.15, -0.1) is 0 Å².